The highest BCUT2D eigenvalue weighted by Crippen LogP contribution is 2.13. The first-order valence-corrected chi connectivity index (χ1v) is 5.98. The van der Waals surface area contributed by atoms with E-state index in [1.165, 1.54) is 0 Å². The number of benzene rings is 1. The van der Waals surface area contributed by atoms with Gasteiger partial charge in [0.1, 0.15) is 0 Å². The molecule has 0 aliphatic carbocycles. The zero-order valence-corrected chi connectivity index (χ0v) is 11.4. The second-order valence-corrected chi connectivity index (χ2v) is 5.22. The number of hydrogen-bond donors (Lipinski definition) is 4. The van der Waals surface area contributed by atoms with Gasteiger partial charge in [0.15, 0.2) is 0 Å². The summed E-state index contributed by atoms with van der Waals surface area (Å²) in [6.07, 6.45) is 0. The van der Waals surface area contributed by atoms with E-state index in [1.807, 2.05) is 20.8 Å². The number of anilines is 2. The third kappa shape index (κ3) is 6.42. The molecule has 6 nitrogen and oxygen atoms in total. The molecular weight excluding hydrogens is 244 g/mol. The molecule has 1 rings (SSSR count). The topological polar surface area (TPSA) is 96.2 Å². The van der Waals surface area contributed by atoms with Crippen LogP contribution >= 0.6 is 0 Å². The van der Waals surface area contributed by atoms with Crippen molar-refractivity contribution >= 4 is 23.3 Å². The Hall–Kier alpha value is -2.08. The summed E-state index contributed by atoms with van der Waals surface area (Å²) < 4.78 is 0. The van der Waals surface area contributed by atoms with E-state index in [4.69, 9.17) is 5.73 Å². The van der Waals surface area contributed by atoms with Crippen molar-refractivity contribution in [1.29, 1.82) is 0 Å². The largest absolute Gasteiger partial charge is 0.351 e. The first kappa shape index (κ1) is 15.0. The van der Waals surface area contributed by atoms with E-state index in [0.29, 0.717) is 11.4 Å². The number of amides is 3. The van der Waals surface area contributed by atoms with E-state index in [0.717, 1.165) is 0 Å². The molecule has 0 fully saturated rings. The molecule has 3 amide bonds. The van der Waals surface area contributed by atoms with Gasteiger partial charge in [-0.05, 0) is 45.0 Å². The van der Waals surface area contributed by atoms with Crippen LogP contribution in [0.5, 0.6) is 0 Å². The van der Waals surface area contributed by atoms with Crippen LogP contribution in [0.1, 0.15) is 20.8 Å². The van der Waals surface area contributed by atoms with Gasteiger partial charge in [-0.25, -0.2) is 4.79 Å². The fourth-order valence-corrected chi connectivity index (χ4v) is 1.33. The molecule has 0 radical (unpaired) electrons. The molecule has 0 saturated carbocycles. The summed E-state index contributed by atoms with van der Waals surface area (Å²) in [5, 5.41) is 8.29. The van der Waals surface area contributed by atoms with Crippen LogP contribution in [0.4, 0.5) is 16.2 Å². The third-order valence-corrected chi connectivity index (χ3v) is 2.22. The van der Waals surface area contributed by atoms with E-state index >= 15 is 0 Å². The van der Waals surface area contributed by atoms with Gasteiger partial charge in [-0.15, -0.1) is 0 Å². The van der Waals surface area contributed by atoms with Crippen molar-refractivity contribution in [3.63, 3.8) is 0 Å². The average Bonchev–Trinajstić information content (AvgIpc) is 2.28. The lowest BCUT2D eigenvalue weighted by molar-refractivity contribution is -0.115. The molecule has 0 bridgehead atoms. The maximum Gasteiger partial charge on any atom is 0.316 e. The molecule has 0 aromatic heterocycles. The predicted molar refractivity (Wildman–Crippen MR) is 76.0 cm³/mol. The minimum absolute atomic E-state index is 0.105. The Morgan fingerprint density at radius 3 is 1.95 bits per heavy atom. The minimum atomic E-state index is -0.619. The normalized spacial score (nSPS) is 10.9. The summed E-state index contributed by atoms with van der Waals surface area (Å²) in [5.41, 5.74) is 6.14. The Kier molecular flexibility index (Phi) is 4.88. The lowest BCUT2D eigenvalue weighted by Gasteiger charge is -2.20. The Labute approximate surface area is 112 Å². The highest BCUT2D eigenvalue weighted by molar-refractivity contribution is 5.93. The van der Waals surface area contributed by atoms with E-state index in [-0.39, 0.29) is 18.0 Å². The molecule has 0 atom stereocenters. The van der Waals surface area contributed by atoms with Crippen molar-refractivity contribution in [2.45, 2.75) is 26.3 Å². The SMILES string of the molecule is CC(C)(C)NCC(=O)Nc1ccc(NC(N)=O)cc1. The Morgan fingerprint density at radius 2 is 1.53 bits per heavy atom. The smallest absolute Gasteiger partial charge is 0.316 e. The van der Waals surface area contributed by atoms with Gasteiger partial charge in [0.05, 0.1) is 6.54 Å². The summed E-state index contributed by atoms with van der Waals surface area (Å²) >= 11 is 0. The van der Waals surface area contributed by atoms with Crippen LogP contribution in [0.2, 0.25) is 0 Å². The highest BCUT2D eigenvalue weighted by Gasteiger charge is 2.11. The predicted octanol–water partition coefficient (Wildman–Crippen LogP) is 1.50. The number of urea groups is 1. The molecular formula is C13H20N4O2. The highest BCUT2D eigenvalue weighted by atomic mass is 16.2. The molecule has 0 aliphatic heterocycles. The van der Waals surface area contributed by atoms with Crippen molar-refractivity contribution in [2.75, 3.05) is 17.2 Å². The number of rotatable bonds is 4. The standard InChI is InChI=1S/C13H20N4O2/c1-13(2,3)15-8-11(18)16-9-4-6-10(7-5-9)17-12(14)19/h4-7,15H,8H2,1-3H3,(H,16,18)(H3,14,17,19). The van der Waals surface area contributed by atoms with Crippen molar-refractivity contribution in [3.05, 3.63) is 24.3 Å². The molecule has 1 aromatic rings. The van der Waals surface area contributed by atoms with Crippen LogP contribution in [0, 0.1) is 0 Å². The Morgan fingerprint density at radius 1 is 1.05 bits per heavy atom. The van der Waals surface area contributed by atoms with Gasteiger partial charge in [-0.1, -0.05) is 0 Å². The number of hydrogen-bond acceptors (Lipinski definition) is 3. The first-order chi connectivity index (χ1) is 8.76. The second-order valence-electron chi connectivity index (χ2n) is 5.22. The van der Waals surface area contributed by atoms with Crippen molar-refractivity contribution < 1.29 is 9.59 Å². The molecule has 5 N–H and O–H groups in total. The summed E-state index contributed by atoms with van der Waals surface area (Å²) in [6.45, 7) is 6.21. The molecule has 1 aromatic carbocycles. The van der Waals surface area contributed by atoms with Gasteiger partial charge in [-0.3, -0.25) is 4.79 Å². The molecule has 0 unspecified atom stereocenters. The van der Waals surface area contributed by atoms with Crippen LogP contribution in [-0.4, -0.2) is 24.0 Å². The number of nitrogens with one attached hydrogen (secondary N) is 3. The Balaban J connectivity index is 2.49. The molecule has 6 heteroatoms. The average molecular weight is 264 g/mol. The van der Waals surface area contributed by atoms with Crippen LogP contribution in [0.3, 0.4) is 0 Å². The lowest BCUT2D eigenvalue weighted by Crippen LogP contribution is -2.41. The summed E-state index contributed by atoms with van der Waals surface area (Å²) in [5.74, 6) is -0.120. The summed E-state index contributed by atoms with van der Waals surface area (Å²) in [6, 6.07) is 6.10. The van der Waals surface area contributed by atoms with E-state index in [2.05, 4.69) is 16.0 Å². The van der Waals surface area contributed by atoms with Crippen molar-refractivity contribution in [2.24, 2.45) is 5.73 Å². The maximum atomic E-state index is 11.7. The molecule has 19 heavy (non-hydrogen) atoms. The van der Waals surface area contributed by atoms with Gasteiger partial charge in [0.25, 0.3) is 0 Å². The fourth-order valence-electron chi connectivity index (χ4n) is 1.33. The quantitative estimate of drug-likeness (QED) is 0.663. The number of nitrogens with two attached hydrogens (primary N) is 1. The van der Waals surface area contributed by atoms with E-state index < -0.39 is 6.03 Å². The minimum Gasteiger partial charge on any atom is -0.351 e. The third-order valence-electron chi connectivity index (χ3n) is 2.22. The van der Waals surface area contributed by atoms with Crippen LogP contribution in [-0.2, 0) is 4.79 Å². The van der Waals surface area contributed by atoms with Crippen LogP contribution < -0.4 is 21.7 Å². The number of primary amides is 1. The number of carbonyl (C=O) groups is 2. The fraction of sp³-hybridized carbons (Fsp3) is 0.385. The van der Waals surface area contributed by atoms with Gasteiger partial charge < -0.3 is 21.7 Å². The van der Waals surface area contributed by atoms with Gasteiger partial charge >= 0.3 is 6.03 Å². The second kappa shape index (κ2) is 6.19. The van der Waals surface area contributed by atoms with Gasteiger partial charge in [0.2, 0.25) is 5.91 Å². The molecule has 0 spiro atoms. The first-order valence-electron chi connectivity index (χ1n) is 5.98. The molecule has 104 valence electrons. The number of carbonyl (C=O) groups excluding carboxylic acids is 2. The van der Waals surface area contributed by atoms with Crippen LogP contribution in [0.25, 0.3) is 0 Å². The van der Waals surface area contributed by atoms with Crippen LogP contribution in [0.15, 0.2) is 24.3 Å². The van der Waals surface area contributed by atoms with Crippen molar-refractivity contribution in [3.8, 4) is 0 Å². The molecule has 0 aliphatic rings. The Bertz CT molecular complexity index is 449. The monoisotopic (exact) mass is 264 g/mol. The van der Waals surface area contributed by atoms with Crippen molar-refractivity contribution in [1.82, 2.24) is 5.32 Å². The van der Waals surface area contributed by atoms with E-state index in [9.17, 15) is 9.59 Å². The summed E-state index contributed by atoms with van der Waals surface area (Å²) in [7, 11) is 0. The lowest BCUT2D eigenvalue weighted by atomic mass is 10.1. The summed E-state index contributed by atoms with van der Waals surface area (Å²) in [4.78, 5) is 22.3. The molecule has 0 heterocycles. The van der Waals surface area contributed by atoms with Gasteiger partial charge in [-0.2, -0.15) is 0 Å². The molecule has 0 saturated heterocycles. The zero-order valence-electron chi connectivity index (χ0n) is 11.4. The zero-order chi connectivity index (χ0) is 14.5. The maximum absolute atomic E-state index is 11.7. The van der Waals surface area contributed by atoms with E-state index in [1.54, 1.807) is 24.3 Å². The van der Waals surface area contributed by atoms with Gasteiger partial charge in [0, 0.05) is 16.9 Å².